The highest BCUT2D eigenvalue weighted by Gasteiger charge is 2.36. The molecular weight excluding hydrogens is 324 g/mol. The summed E-state index contributed by atoms with van der Waals surface area (Å²) < 4.78 is 7.60. The molecule has 1 aliphatic rings. The fourth-order valence-corrected chi connectivity index (χ4v) is 3.17. The number of nitro groups is 1. The lowest BCUT2D eigenvalue weighted by Gasteiger charge is -2.34. The van der Waals surface area contributed by atoms with E-state index in [1.54, 1.807) is 23.1 Å². The third-order valence-electron chi connectivity index (χ3n) is 4.53. The van der Waals surface area contributed by atoms with Crippen molar-refractivity contribution in [3.05, 3.63) is 46.5 Å². The van der Waals surface area contributed by atoms with E-state index >= 15 is 0 Å². The average Bonchev–Trinajstić information content (AvgIpc) is 3.19. The van der Waals surface area contributed by atoms with Crippen LogP contribution in [0.15, 0.2) is 30.9 Å². The Morgan fingerprint density at radius 1 is 1.48 bits per heavy atom. The molecule has 8 heteroatoms. The van der Waals surface area contributed by atoms with Gasteiger partial charge in [-0.1, -0.05) is 20.8 Å². The molecule has 0 radical (unpaired) electrons. The molecule has 1 N–H and O–H groups in total. The van der Waals surface area contributed by atoms with E-state index in [1.165, 1.54) is 12.4 Å². The van der Waals surface area contributed by atoms with E-state index in [0.29, 0.717) is 18.6 Å². The molecule has 0 fully saturated rings. The van der Waals surface area contributed by atoms with E-state index in [-0.39, 0.29) is 23.2 Å². The Balaban J connectivity index is 1.78. The Labute approximate surface area is 145 Å². The van der Waals surface area contributed by atoms with E-state index in [0.717, 1.165) is 5.56 Å². The lowest BCUT2D eigenvalue weighted by atomic mass is 9.82. The van der Waals surface area contributed by atoms with Crippen LogP contribution in [-0.2, 0) is 6.42 Å². The van der Waals surface area contributed by atoms with Gasteiger partial charge in [-0.05, 0) is 11.5 Å². The molecule has 0 amide bonds. The molecule has 3 atom stereocenters. The summed E-state index contributed by atoms with van der Waals surface area (Å²) in [5.41, 5.74) is 0.549. The second-order valence-corrected chi connectivity index (χ2v) is 7.48. The van der Waals surface area contributed by atoms with Gasteiger partial charge in [0.15, 0.2) is 0 Å². The van der Waals surface area contributed by atoms with Gasteiger partial charge in [0.25, 0.3) is 5.69 Å². The summed E-state index contributed by atoms with van der Waals surface area (Å²) >= 11 is 0. The first-order valence-electron chi connectivity index (χ1n) is 8.22. The molecule has 134 valence electrons. The van der Waals surface area contributed by atoms with Gasteiger partial charge in [0.05, 0.1) is 17.1 Å². The first-order valence-corrected chi connectivity index (χ1v) is 8.22. The second-order valence-electron chi connectivity index (χ2n) is 7.48. The molecule has 2 heterocycles. The molecule has 0 aliphatic carbocycles. The zero-order chi connectivity index (χ0) is 18.2. The van der Waals surface area contributed by atoms with Gasteiger partial charge in [0.2, 0.25) is 0 Å². The first kappa shape index (κ1) is 17.3. The molecule has 0 spiro atoms. The lowest BCUT2D eigenvalue weighted by Crippen LogP contribution is -2.38. The zero-order valence-corrected chi connectivity index (χ0v) is 14.5. The number of aromatic nitrogens is 3. The minimum atomic E-state index is -0.643. The molecule has 1 aliphatic heterocycles. The van der Waals surface area contributed by atoms with E-state index in [2.05, 4.69) is 10.1 Å². The highest BCUT2D eigenvalue weighted by atomic mass is 16.6. The third-order valence-corrected chi connectivity index (χ3v) is 4.53. The van der Waals surface area contributed by atoms with Crippen LogP contribution in [0.3, 0.4) is 0 Å². The van der Waals surface area contributed by atoms with Crippen molar-refractivity contribution in [2.45, 2.75) is 51.9 Å². The van der Waals surface area contributed by atoms with Gasteiger partial charge >= 0.3 is 0 Å². The van der Waals surface area contributed by atoms with E-state index in [9.17, 15) is 15.2 Å². The summed E-state index contributed by atoms with van der Waals surface area (Å²) in [4.78, 5) is 14.5. The van der Waals surface area contributed by atoms with Crippen molar-refractivity contribution in [3.63, 3.8) is 0 Å². The highest BCUT2D eigenvalue weighted by Crippen LogP contribution is 2.37. The van der Waals surface area contributed by atoms with Crippen molar-refractivity contribution in [3.8, 4) is 5.75 Å². The lowest BCUT2D eigenvalue weighted by molar-refractivity contribution is -0.384. The minimum Gasteiger partial charge on any atom is -0.490 e. The molecular formula is C17H22N4O4. The maximum atomic E-state index is 10.9. The van der Waals surface area contributed by atoms with Crippen LogP contribution in [0.4, 0.5) is 5.69 Å². The molecule has 25 heavy (non-hydrogen) atoms. The fourth-order valence-electron chi connectivity index (χ4n) is 3.17. The van der Waals surface area contributed by atoms with Crippen molar-refractivity contribution in [2.24, 2.45) is 5.41 Å². The van der Waals surface area contributed by atoms with E-state index in [4.69, 9.17) is 4.74 Å². The van der Waals surface area contributed by atoms with Crippen molar-refractivity contribution in [1.82, 2.24) is 14.8 Å². The smallest absolute Gasteiger partial charge is 0.269 e. The normalized spacial score (nSPS) is 19.1. The maximum absolute atomic E-state index is 10.9. The molecule has 3 unspecified atom stereocenters. The molecule has 3 rings (SSSR count). The Morgan fingerprint density at radius 2 is 2.24 bits per heavy atom. The first-order chi connectivity index (χ1) is 11.8. The van der Waals surface area contributed by atoms with Gasteiger partial charge < -0.3 is 9.84 Å². The number of non-ortho nitro benzene ring substituents is 1. The van der Waals surface area contributed by atoms with Gasteiger partial charge in [-0.25, -0.2) is 9.67 Å². The topological polar surface area (TPSA) is 103 Å². The quantitative estimate of drug-likeness (QED) is 0.659. The van der Waals surface area contributed by atoms with Crippen LogP contribution in [0.1, 0.15) is 38.8 Å². The number of nitrogens with zero attached hydrogens (tertiary/aromatic N) is 4. The molecule has 0 bridgehead atoms. The standard InChI is InChI=1S/C17H22N4O4/c1-17(2,3)16(22)14(20-10-18-9-19-20)8-13-7-11-6-12(21(23)24)4-5-15(11)25-13/h4-6,9-10,13-14,16,22H,7-8H2,1-3H3. The average molecular weight is 346 g/mol. The maximum Gasteiger partial charge on any atom is 0.269 e. The number of hydrogen-bond donors (Lipinski definition) is 1. The van der Waals surface area contributed by atoms with Crippen molar-refractivity contribution in [1.29, 1.82) is 0 Å². The van der Waals surface area contributed by atoms with Gasteiger partial charge in [0, 0.05) is 30.5 Å². The van der Waals surface area contributed by atoms with Crippen molar-refractivity contribution >= 4 is 5.69 Å². The van der Waals surface area contributed by atoms with Crippen LogP contribution in [0, 0.1) is 15.5 Å². The number of aliphatic hydroxyl groups is 1. The number of fused-ring (bicyclic) bond motifs is 1. The van der Waals surface area contributed by atoms with Crippen LogP contribution < -0.4 is 4.74 Å². The summed E-state index contributed by atoms with van der Waals surface area (Å²) in [5, 5.41) is 25.9. The Kier molecular flexibility index (Phi) is 4.47. The third kappa shape index (κ3) is 3.63. The summed E-state index contributed by atoms with van der Waals surface area (Å²) in [5.74, 6) is 0.665. The zero-order valence-electron chi connectivity index (χ0n) is 14.5. The Morgan fingerprint density at radius 3 is 2.84 bits per heavy atom. The van der Waals surface area contributed by atoms with E-state index < -0.39 is 11.0 Å². The molecule has 2 aromatic rings. The number of hydrogen-bond acceptors (Lipinski definition) is 6. The molecule has 8 nitrogen and oxygen atoms in total. The Bertz CT molecular complexity index is 755. The molecule has 1 aromatic heterocycles. The largest absolute Gasteiger partial charge is 0.490 e. The van der Waals surface area contributed by atoms with Crippen molar-refractivity contribution < 1.29 is 14.8 Å². The van der Waals surface area contributed by atoms with E-state index in [1.807, 2.05) is 20.8 Å². The SMILES string of the molecule is CC(C)(C)C(O)C(CC1Cc2cc([N+](=O)[O-])ccc2O1)n1cncn1. The van der Waals surface area contributed by atoms with Crippen LogP contribution in [0.2, 0.25) is 0 Å². The number of aliphatic hydroxyl groups excluding tert-OH is 1. The number of benzene rings is 1. The number of nitro benzene ring substituents is 1. The highest BCUT2D eigenvalue weighted by molar-refractivity contribution is 5.46. The molecule has 1 aromatic carbocycles. The summed E-state index contributed by atoms with van der Waals surface area (Å²) in [6, 6.07) is 4.34. The summed E-state index contributed by atoms with van der Waals surface area (Å²) in [6.07, 6.45) is 3.31. The number of rotatable bonds is 5. The minimum absolute atomic E-state index is 0.0607. The van der Waals surface area contributed by atoms with Gasteiger partial charge in [-0.3, -0.25) is 10.1 Å². The Hall–Kier alpha value is -2.48. The molecule has 0 saturated heterocycles. The van der Waals surface area contributed by atoms with Crippen LogP contribution in [-0.4, -0.2) is 37.0 Å². The van der Waals surface area contributed by atoms with Crippen LogP contribution in [0.25, 0.3) is 0 Å². The second kappa shape index (κ2) is 6.44. The van der Waals surface area contributed by atoms with Gasteiger partial charge in [-0.15, -0.1) is 0 Å². The van der Waals surface area contributed by atoms with Crippen LogP contribution in [0.5, 0.6) is 5.75 Å². The molecule has 0 saturated carbocycles. The summed E-state index contributed by atoms with van der Waals surface area (Å²) in [6.45, 7) is 5.90. The van der Waals surface area contributed by atoms with Crippen LogP contribution >= 0.6 is 0 Å². The fraction of sp³-hybridized carbons (Fsp3) is 0.529. The van der Waals surface area contributed by atoms with Gasteiger partial charge in [-0.2, -0.15) is 5.10 Å². The summed E-state index contributed by atoms with van der Waals surface area (Å²) in [7, 11) is 0. The van der Waals surface area contributed by atoms with Gasteiger partial charge in [0.1, 0.15) is 24.5 Å². The van der Waals surface area contributed by atoms with Crippen molar-refractivity contribution in [2.75, 3.05) is 0 Å². The predicted molar refractivity (Wildman–Crippen MR) is 90.4 cm³/mol. The number of ether oxygens (including phenoxy) is 1. The predicted octanol–water partition coefficient (Wildman–Crippen LogP) is 2.53. The monoisotopic (exact) mass is 346 g/mol.